The monoisotopic (exact) mass is 122 g/mol. The van der Waals surface area contributed by atoms with Crippen molar-refractivity contribution < 1.29 is 0 Å². The molecule has 1 heterocycles. The number of nitriles is 1. The lowest BCUT2D eigenvalue weighted by atomic mass is 10.5. The van der Waals surface area contributed by atoms with Gasteiger partial charge in [0.2, 0.25) is 0 Å². The van der Waals surface area contributed by atoms with Crippen LogP contribution in [0.5, 0.6) is 0 Å². The van der Waals surface area contributed by atoms with E-state index in [1.54, 1.807) is 10.9 Å². The Bertz CT molecular complexity index is 231. The van der Waals surface area contributed by atoms with Gasteiger partial charge in [0.25, 0.3) is 0 Å². The van der Waals surface area contributed by atoms with Crippen LogP contribution in [-0.4, -0.2) is 15.0 Å². The molecular formula is C5H6N4. The molecule has 0 aliphatic heterocycles. The van der Waals surface area contributed by atoms with E-state index < -0.39 is 0 Å². The van der Waals surface area contributed by atoms with Crippen LogP contribution in [-0.2, 0) is 6.54 Å². The van der Waals surface area contributed by atoms with Crippen molar-refractivity contribution in [3.05, 3.63) is 11.9 Å². The van der Waals surface area contributed by atoms with Crippen molar-refractivity contribution in [3.63, 3.8) is 0 Å². The van der Waals surface area contributed by atoms with Crippen molar-refractivity contribution >= 4 is 0 Å². The molecule has 0 bridgehead atoms. The van der Waals surface area contributed by atoms with Crippen molar-refractivity contribution in [3.8, 4) is 6.07 Å². The van der Waals surface area contributed by atoms with E-state index in [1.165, 1.54) is 0 Å². The van der Waals surface area contributed by atoms with Crippen LogP contribution < -0.4 is 0 Å². The lowest BCUT2D eigenvalue weighted by Crippen LogP contribution is -1.93. The molecule has 1 aromatic rings. The smallest absolute Gasteiger partial charge is 0.182 e. The number of nitrogens with zero attached hydrogens (tertiary/aromatic N) is 4. The van der Waals surface area contributed by atoms with Crippen LogP contribution in [0.3, 0.4) is 0 Å². The Kier molecular flexibility index (Phi) is 1.45. The quantitative estimate of drug-likeness (QED) is 0.533. The molecule has 0 saturated heterocycles. The highest BCUT2D eigenvalue weighted by Crippen LogP contribution is 1.87. The van der Waals surface area contributed by atoms with Gasteiger partial charge in [0.05, 0.1) is 6.20 Å². The number of hydrogen-bond donors (Lipinski definition) is 0. The molecule has 0 aliphatic carbocycles. The molecule has 0 aliphatic rings. The summed E-state index contributed by atoms with van der Waals surface area (Å²) in [5.74, 6) is 0. The van der Waals surface area contributed by atoms with E-state index in [2.05, 4.69) is 10.3 Å². The first kappa shape index (κ1) is 5.76. The van der Waals surface area contributed by atoms with Gasteiger partial charge < -0.3 is 0 Å². The molecule has 4 heteroatoms. The maximum atomic E-state index is 8.28. The molecule has 0 fully saturated rings. The zero-order chi connectivity index (χ0) is 6.69. The SMILES string of the molecule is CCn1cc(C#N)nn1. The normalized spacial score (nSPS) is 8.89. The summed E-state index contributed by atoms with van der Waals surface area (Å²) in [4.78, 5) is 0. The summed E-state index contributed by atoms with van der Waals surface area (Å²) in [6.45, 7) is 2.70. The van der Waals surface area contributed by atoms with Gasteiger partial charge in [0.1, 0.15) is 6.07 Å². The van der Waals surface area contributed by atoms with Gasteiger partial charge in [-0.05, 0) is 6.92 Å². The number of hydrogen-bond acceptors (Lipinski definition) is 3. The molecule has 0 amide bonds. The molecule has 1 aromatic heterocycles. The molecule has 0 N–H and O–H groups in total. The van der Waals surface area contributed by atoms with Crippen molar-refractivity contribution in [2.24, 2.45) is 0 Å². The predicted molar refractivity (Wildman–Crippen MR) is 30.4 cm³/mol. The second kappa shape index (κ2) is 2.27. The standard InChI is InChI=1S/C5H6N4/c1-2-9-4-5(3-6)7-8-9/h4H,2H2,1H3. The Morgan fingerprint density at radius 3 is 3.00 bits per heavy atom. The maximum Gasteiger partial charge on any atom is 0.182 e. The third-order valence-electron chi connectivity index (χ3n) is 0.977. The van der Waals surface area contributed by atoms with Gasteiger partial charge in [-0.3, -0.25) is 4.68 Å². The predicted octanol–water partition coefficient (Wildman–Crippen LogP) is 0.170. The topological polar surface area (TPSA) is 54.5 Å². The minimum atomic E-state index is 0.372. The lowest BCUT2D eigenvalue weighted by Gasteiger charge is -1.85. The Labute approximate surface area is 52.7 Å². The van der Waals surface area contributed by atoms with Crippen molar-refractivity contribution in [2.75, 3.05) is 0 Å². The minimum Gasteiger partial charge on any atom is -0.251 e. The summed E-state index contributed by atoms with van der Waals surface area (Å²) >= 11 is 0. The van der Waals surface area contributed by atoms with Crippen LogP contribution in [0.1, 0.15) is 12.6 Å². The van der Waals surface area contributed by atoms with Crippen molar-refractivity contribution in [1.29, 1.82) is 5.26 Å². The largest absolute Gasteiger partial charge is 0.251 e. The second-order valence-electron chi connectivity index (χ2n) is 1.57. The lowest BCUT2D eigenvalue weighted by molar-refractivity contribution is 0.626. The zero-order valence-electron chi connectivity index (χ0n) is 5.07. The van der Waals surface area contributed by atoms with Crippen LogP contribution >= 0.6 is 0 Å². The van der Waals surface area contributed by atoms with Crippen LogP contribution in [0.2, 0.25) is 0 Å². The summed E-state index contributed by atoms with van der Waals surface area (Å²) in [6.07, 6.45) is 1.61. The fraction of sp³-hybridized carbons (Fsp3) is 0.400. The van der Waals surface area contributed by atoms with Crippen molar-refractivity contribution in [2.45, 2.75) is 13.5 Å². The van der Waals surface area contributed by atoms with Crippen LogP contribution in [0.4, 0.5) is 0 Å². The van der Waals surface area contributed by atoms with Gasteiger partial charge in [-0.15, -0.1) is 5.10 Å². The van der Waals surface area contributed by atoms with E-state index >= 15 is 0 Å². The summed E-state index contributed by atoms with van der Waals surface area (Å²) in [6, 6.07) is 1.89. The molecule has 9 heavy (non-hydrogen) atoms. The van der Waals surface area contributed by atoms with E-state index in [-0.39, 0.29) is 0 Å². The highest BCUT2D eigenvalue weighted by atomic mass is 15.4. The van der Waals surface area contributed by atoms with Gasteiger partial charge in [-0.2, -0.15) is 5.26 Å². The van der Waals surface area contributed by atoms with Gasteiger partial charge in [-0.25, -0.2) is 0 Å². The van der Waals surface area contributed by atoms with Crippen LogP contribution in [0, 0.1) is 11.3 Å². The highest BCUT2D eigenvalue weighted by molar-refractivity contribution is 5.12. The number of aryl methyl sites for hydroxylation is 1. The van der Waals surface area contributed by atoms with E-state index in [1.807, 2.05) is 13.0 Å². The van der Waals surface area contributed by atoms with Gasteiger partial charge in [0.15, 0.2) is 5.69 Å². The van der Waals surface area contributed by atoms with E-state index in [9.17, 15) is 0 Å². The number of rotatable bonds is 1. The first-order valence-electron chi connectivity index (χ1n) is 2.67. The molecule has 0 aromatic carbocycles. The van der Waals surface area contributed by atoms with E-state index in [0.29, 0.717) is 5.69 Å². The third kappa shape index (κ3) is 1.05. The Morgan fingerprint density at radius 1 is 1.89 bits per heavy atom. The minimum absolute atomic E-state index is 0.372. The fourth-order valence-corrected chi connectivity index (χ4v) is 0.504. The molecule has 0 spiro atoms. The fourth-order valence-electron chi connectivity index (χ4n) is 0.504. The average Bonchev–Trinajstić information content (AvgIpc) is 2.34. The highest BCUT2D eigenvalue weighted by Gasteiger charge is 1.93. The summed E-state index contributed by atoms with van der Waals surface area (Å²) in [5.41, 5.74) is 0.372. The van der Waals surface area contributed by atoms with Gasteiger partial charge >= 0.3 is 0 Å². The van der Waals surface area contributed by atoms with Gasteiger partial charge in [-0.1, -0.05) is 5.21 Å². The third-order valence-corrected chi connectivity index (χ3v) is 0.977. The molecule has 46 valence electrons. The zero-order valence-corrected chi connectivity index (χ0v) is 5.07. The average molecular weight is 122 g/mol. The summed E-state index contributed by atoms with van der Waals surface area (Å²) in [7, 11) is 0. The molecule has 4 nitrogen and oxygen atoms in total. The number of aromatic nitrogens is 3. The molecule has 0 unspecified atom stereocenters. The molecule has 0 radical (unpaired) electrons. The Hall–Kier alpha value is -1.37. The van der Waals surface area contributed by atoms with Gasteiger partial charge in [0, 0.05) is 6.54 Å². The van der Waals surface area contributed by atoms with Crippen LogP contribution in [0.25, 0.3) is 0 Å². The van der Waals surface area contributed by atoms with E-state index in [4.69, 9.17) is 5.26 Å². The van der Waals surface area contributed by atoms with Crippen LogP contribution in [0.15, 0.2) is 6.20 Å². The first-order valence-corrected chi connectivity index (χ1v) is 2.67. The molecule has 1 rings (SSSR count). The van der Waals surface area contributed by atoms with Crippen molar-refractivity contribution in [1.82, 2.24) is 15.0 Å². The second-order valence-corrected chi connectivity index (χ2v) is 1.57. The van der Waals surface area contributed by atoms with E-state index in [0.717, 1.165) is 6.54 Å². The summed E-state index contributed by atoms with van der Waals surface area (Å²) in [5, 5.41) is 15.5. The molecule has 0 saturated carbocycles. The first-order chi connectivity index (χ1) is 4.36. The Balaban J connectivity index is 2.90. The molecular weight excluding hydrogens is 116 g/mol. The summed E-state index contributed by atoms with van der Waals surface area (Å²) < 4.78 is 1.61. The Morgan fingerprint density at radius 2 is 2.67 bits per heavy atom. The molecule has 0 atom stereocenters. The maximum absolute atomic E-state index is 8.28.